The van der Waals surface area contributed by atoms with Gasteiger partial charge in [-0.2, -0.15) is 0 Å². The van der Waals surface area contributed by atoms with Crippen molar-refractivity contribution in [3.63, 3.8) is 0 Å². The van der Waals surface area contributed by atoms with Gasteiger partial charge in [0.1, 0.15) is 0 Å². The predicted octanol–water partition coefficient (Wildman–Crippen LogP) is 7.41. The molecule has 1 N–H and O–H groups in total. The maximum Gasteiger partial charge on any atom is 0.223 e. The molecule has 0 aromatic heterocycles. The van der Waals surface area contributed by atoms with Crippen LogP contribution < -0.4 is 5.32 Å². The Kier molecular flexibility index (Phi) is 14.0. The lowest BCUT2D eigenvalue weighted by Gasteiger charge is -2.26. The number of carbonyl (C=O) groups excluding carboxylic acids is 1. The Hall–Kier alpha value is -0.530. The molecule has 2 unspecified atom stereocenters. The zero-order chi connectivity index (χ0) is 19.0. The molecule has 2 atom stereocenters. The Bertz CT molecular complexity index is 333. The molecule has 0 spiro atoms. The fraction of sp³-hybridized carbons (Fsp3) is 0.958. The first-order valence-corrected chi connectivity index (χ1v) is 12.0. The second-order valence-corrected chi connectivity index (χ2v) is 8.93. The van der Waals surface area contributed by atoms with Crippen LogP contribution in [0.3, 0.4) is 0 Å². The molecule has 1 rings (SSSR count). The maximum absolute atomic E-state index is 13.0. The lowest BCUT2D eigenvalue weighted by molar-refractivity contribution is -0.126. The summed E-state index contributed by atoms with van der Waals surface area (Å²) >= 11 is 0. The van der Waals surface area contributed by atoms with Gasteiger partial charge in [0.15, 0.2) is 0 Å². The Balaban J connectivity index is 2.46. The summed E-state index contributed by atoms with van der Waals surface area (Å²) < 4.78 is 0. The van der Waals surface area contributed by atoms with Gasteiger partial charge in [0.2, 0.25) is 5.91 Å². The second kappa shape index (κ2) is 15.5. The van der Waals surface area contributed by atoms with Crippen LogP contribution in [-0.2, 0) is 4.79 Å². The van der Waals surface area contributed by atoms with E-state index >= 15 is 0 Å². The van der Waals surface area contributed by atoms with E-state index in [1.807, 2.05) is 0 Å². The molecular weight excluding hydrogens is 318 g/mol. The topological polar surface area (TPSA) is 29.1 Å². The van der Waals surface area contributed by atoms with Crippen molar-refractivity contribution in [2.45, 2.75) is 136 Å². The lowest BCUT2D eigenvalue weighted by atomic mass is 9.87. The minimum absolute atomic E-state index is 0.244. The third-order valence-electron chi connectivity index (χ3n) is 6.22. The zero-order valence-electron chi connectivity index (χ0n) is 18.2. The third-order valence-corrected chi connectivity index (χ3v) is 6.22. The first kappa shape index (κ1) is 23.5. The van der Waals surface area contributed by atoms with E-state index in [9.17, 15) is 4.79 Å². The van der Waals surface area contributed by atoms with Crippen molar-refractivity contribution in [2.24, 2.45) is 11.8 Å². The predicted molar refractivity (Wildman–Crippen MR) is 114 cm³/mol. The highest BCUT2D eigenvalue weighted by Gasteiger charge is 2.23. The number of hydrogen-bond donors (Lipinski definition) is 1. The van der Waals surface area contributed by atoms with E-state index in [0.29, 0.717) is 17.9 Å². The van der Waals surface area contributed by atoms with Crippen molar-refractivity contribution < 1.29 is 4.79 Å². The van der Waals surface area contributed by atoms with Gasteiger partial charge >= 0.3 is 0 Å². The molecule has 0 heterocycles. The van der Waals surface area contributed by atoms with Crippen LogP contribution in [0.2, 0.25) is 0 Å². The highest BCUT2D eigenvalue weighted by molar-refractivity contribution is 5.78. The molecule has 2 heteroatoms. The van der Waals surface area contributed by atoms with Gasteiger partial charge in [-0.25, -0.2) is 0 Å². The second-order valence-electron chi connectivity index (χ2n) is 8.93. The summed E-state index contributed by atoms with van der Waals surface area (Å²) in [5, 5.41) is 3.46. The third kappa shape index (κ3) is 11.2. The van der Waals surface area contributed by atoms with Crippen LogP contribution in [0.4, 0.5) is 0 Å². The van der Waals surface area contributed by atoms with Crippen LogP contribution >= 0.6 is 0 Å². The summed E-state index contributed by atoms with van der Waals surface area (Å²) in [6.07, 6.45) is 21.6. The fourth-order valence-corrected chi connectivity index (χ4v) is 4.44. The van der Waals surface area contributed by atoms with E-state index in [4.69, 9.17) is 0 Å². The minimum atomic E-state index is 0.244. The average Bonchev–Trinajstić information content (AvgIpc) is 2.60. The fourth-order valence-electron chi connectivity index (χ4n) is 4.44. The number of nitrogens with one attached hydrogen (secondary N) is 1. The van der Waals surface area contributed by atoms with Crippen molar-refractivity contribution in [3.8, 4) is 0 Å². The zero-order valence-corrected chi connectivity index (χ0v) is 18.2. The molecule has 0 aromatic carbocycles. The number of carbonyl (C=O) groups is 1. The SMILES string of the molecule is CCCCCCC(C)CC(CCCCC)C(=O)NC1CCCCCCC1. The molecule has 0 saturated heterocycles. The molecule has 1 aliphatic rings. The summed E-state index contributed by atoms with van der Waals surface area (Å²) in [5.41, 5.74) is 0. The lowest BCUT2D eigenvalue weighted by Crippen LogP contribution is -2.39. The van der Waals surface area contributed by atoms with Gasteiger partial charge in [-0.05, 0) is 31.6 Å². The van der Waals surface area contributed by atoms with Crippen molar-refractivity contribution in [3.05, 3.63) is 0 Å². The molecule has 0 aromatic rings. The number of hydrogen-bond acceptors (Lipinski definition) is 1. The van der Waals surface area contributed by atoms with Crippen LogP contribution in [0.15, 0.2) is 0 Å². The summed E-state index contributed by atoms with van der Waals surface area (Å²) in [6, 6.07) is 0.441. The largest absolute Gasteiger partial charge is 0.353 e. The van der Waals surface area contributed by atoms with Crippen LogP contribution in [0, 0.1) is 11.8 Å². The van der Waals surface area contributed by atoms with E-state index in [1.165, 1.54) is 96.3 Å². The average molecular weight is 366 g/mol. The van der Waals surface area contributed by atoms with E-state index in [2.05, 4.69) is 26.1 Å². The molecule has 0 bridgehead atoms. The van der Waals surface area contributed by atoms with Gasteiger partial charge < -0.3 is 5.32 Å². The molecule has 2 nitrogen and oxygen atoms in total. The Morgan fingerprint density at radius 1 is 0.846 bits per heavy atom. The molecular formula is C24H47NO. The van der Waals surface area contributed by atoms with Crippen LogP contribution in [0.1, 0.15) is 130 Å². The van der Waals surface area contributed by atoms with E-state index in [1.54, 1.807) is 0 Å². The molecule has 0 aliphatic heterocycles. The van der Waals surface area contributed by atoms with Gasteiger partial charge in [-0.15, -0.1) is 0 Å². The van der Waals surface area contributed by atoms with Crippen molar-refractivity contribution in [1.29, 1.82) is 0 Å². The van der Waals surface area contributed by atoms with Crippen LogP contribution in [0.5, 0.6) is 0 Å². The summed E-state index contributed by atoms with van der Waals surface area (Å²) in [7, 11) is 0. The quantitative estimate of drug-likeness (QED) is 0.338. The van der Waals surface area contributed by atoms with Crippen molar-refractivity contribution >= 4 is 5.91 Å². The summed E-state index contributed by atoms with van der Waals surface area (Å²) in [6.45, 7) is 6.88. The molecule has 26 heavy (non-hydrogen) atoms. The van der Waals surface area contributed by atoms with E-state index in [-0.39, 0.29) is 5.92 Å². The van der Waals surface area contributed by atoms with Gasteiger partial charge in [0, 0.05) is 12.0 Å². The first-order chi connectivity index (χ1) is 12.7. The maximum atomic E-state index is 13.0. The first-order valence-electron chi connectivity index (χ1n) is 12.0. The molecule has 1 saturated carbocycles. The van der Waals surface area contributed by atoms with E-state index in [0.717, 1.165) is 12.8 Å². The van der Waals surface area contributed by atoms with Crippen LogP contribution in [0.25, 0.3) is 0 Å². The van der Waals surface area contributed by atoms with Crippen molar-refractivity contribution in [2.75, 3.05) is 0 Å². The highest BCUT2D eigenvalue weighted by Crippen LogP contribution is 2.24. The molecule has 1 aliphatic carbocycles. The van der Waals surface area contributed by atoms with Crippen LogP contribution in [-0.4, -0.2) is 11.9 Å². The standard InChI is InChI=1S/C24H47NO/c1-4-6-8-13-16-21(3)20-22(17-12-7-5-2)24(26)25-23-18-14-10-9-11-15-19-23/h21-23H,4-20H2,1-3H3,(H,25,26). The monoisotopic (exact) mass is 365 g/mol. The molecule has 1 fully saturated rings. The Labute approximate surface area is 164 Å². The Morgan fingerprint density at radius 2 is 1.42 bits per heavy atom. The van der Waals surface area contributed by atoms with Gasteiger partial charge in [-0.1, -0.05) is 104 Å². The number of rotatable bonds is 13. The van der Waals surface area contributed by atoms with Crippen molar-refractivity contribution in [1.82, 2.24) is 5.32 Å². The Morgan fingerprint density at radius 3 is 2.08 bits per heavy atom. The molecule has 1 amide bonds. The van der Waals surface area contributed by atoms with Gasteiger partial charge in [0.05, 0.1) is 0 Å². The van der Waals surface area contributed by atoms with Gasteiger partial charge in [0.25, 0.3) is 0 Å². The molecule has 154 valence electrons. The molecule has 0 radical (unpaired) electrons. The highest BCUT2D eigenvalue weighted by atomic mass is 16.1. The summed E-state index contributed by atoms with van der Waals surface area (Å²) in [5.74, 6) is 1.29. The normalized spacial score (nSPS) is 18.7. The number of unbranched alkanes of at least 4 members (excludes halogenated alkanes) is 5. The number of amides is 1. The minimum Gasteiger partial charge on any atom is -0.353 e. The summed E-state index contributed by atoms with van der Waals surface area (Å²) in [4.78, 5) is 13.0. The van der Waals surface area contributed by atoms with Gasteiger partial charge in [-0.3, -0.25) is 4.79 Å². The smallest absolute Gasteiger partial charge is 0.223 e. The van der Waals surface area contributed by atoms with E-state index < -0.39 is 0 Å².